The van der Waals surface area contributed by atoms with Gasteiger partial charge in [0.25, 0.3) is 0 Å². The molecule has 0 atom stereocenters. The molecule has 3 aromatic carbocycles. The summed E-state index contributed by atoms with van der Waals surface area (Å²) in [6, 6.07) is 19.1. The van der Waals surface area contributed by atoms with Crippen molar-refractivity contribution < 1.29 is 19.1 Å². The summed E-state index contributed by atoms with van der Waals surface area (Å²) in [4.78, 5) is 23.1. The van der Waals surface area contributed by atoms with Crippen LogP contribution in [0.4, 0.5) is 0 Å². The van der Waals surface area contributed by atoms with Gasteiger partial charge in [-0.1, -0.05) is 29.6 Å². The fourth-order valence-electron chi connectivity index (χ4n) is 2.76. The van der Waals surface area contributed by atoms with E-state index >= 15 is 0 Å². The van der Waals surface area contributed by atoms with E-state index < -0.39 is 11.9 Å². The molecule has 4 heteroatoms. The Kier molecular flexibility index (Phi) is 7.11. The Morgan fingerprint density at radius 3 is 1.28 bits per heavy atom. The zero-order chi connectivity index (χ0) is 22.9. The molecule has 0 aromatic heterocycles. The zero-order valence-electron chi connectivity index (χ0n) is 17.6. The number of carbonyl (C=O) groups excluding carboxylic acids is 2. The van der Waals surface area contributed by atoms with Gasteiger partial charge in [-0.2, -0.15) is 0 Å². The predicted molar refractivity (Wildman–Crippen MR) is 122 cm³/mol. The van der Waals surface area contributed by atoms with Crippen molar-refractivity contribution in [2.75, 3.05) is 14.2 Å². The number of rotatable bonds is 2. The van der Waals surface area contributed by atoms with Crippen LogP contribution in [0.1, 0.15) is 48.5 Å². The quantitative estimate of drug-likeness (QED) is 0.466. The van der Waals surface area contributed by atoms with Crippen molar-refractivity contribution >= 4 is 11.9 Å². The van der Waals surface area contributed by atoms with Gasteiger partial charge in [0.15, 0.2) is 0 Å². The van der Waals surface area contributed by atoms with Gasteiger partial charge in [-0.15, -0.1) is 6.42 Å². The van der Waals surface area contributed by atoms with Crippen LogP contribution in [-0.2, 0) is 9.47 Å². The van der Waals surface area contributed by atoms with Crippen LogP contribution >= 0.6 is 0 Å². The molecule has 4 nitrogen and oxygen atoms in total. The van der Waals surface area contributed by atoms with Crippen LogP contribution in [0, 0.1) is 36.0 Å². The van der Waals surface area contributed by atoms with Crippen molar-refractivity contribution in [3.63, 3.8) is 0 Å². The summed E-state index contributed by atoms with van der Waals surface area (Å²) in [5, 5.41) is 0. The summed E-state index contributed by atoms with van der Waals surface area (Å²) >= 11 is 0. The van der Waals surface area contributed by atoms with Crippen LogP contribution in [0.25, 0.3) is 0 Å². The van der Waals surface area contributed by atoms with Crippen LogP contribution < -0.4 is 0 Å². The third-order valence-corrected chi connectivity index (χ3v) is 4.41. The third-order valence-electron chi connectivity index (χ3n) is 4.41. The van der Waals surface area contributed by atoms with Gasteiger partial charge in [-0.3, -0.25) is 0 Å². The van der Waals surface area contributed by atoms with Crippen molar-refractivity contribution in [3.8, 4) is 36.0 Å². The second kappa shape index (κ2) is 10.4. The SMILES string of the molecule is C#Cc1cc(C#Cc2ccc(C(=O)OC)cc2)cc(C#Cc2ccc(C(=O)OC)cc2)c1. The smallest absolute Gasteiger partial charge is 0.337 e. The molecule has 0 saturated carbocycles. The van der Waals surface area contributed by atoms with Gasteiger partial charge < -0.3 is 9.47 Å². The predicted octanol–water partition coefficient (Wildman–Crippen LogP) is 4.04. The van der Waals surface area contributed by atoms with Gasteiger partial charge in [-0.05, 0) is 66.7 Å². The molecular formula is C28H18O4. The molecule has 0 radical (unpaired) electrons. The first-order chi connectivity index (χ1) is 15.5. The largest absolute Gasteiger partial charge is 0.465 e. The lowest BCUT2D eigenvalue weighted by molar-refractivity contribution is 0.0592. The minimum atomic E-state index is -0.394. The second-order valence-electron chi connectivity index (χ2n) is 6.58. The Morgan fingerprint density at radius 2 is 0.938 bits per heavy atom. The molecule has 3 rings (SSSR count). The summed E-state index contributed by atoms with van der Waals surface area (Å²) in [5.41, 5.74) is 4.55. The van der Waals surface area contributed by atoms with Crippen molar-refractivity contribution in [2.24, 2.45) is 0 Å². The lowest BCUT2D eigenvalue weighted by Crippen LogP contribution is -2.00. The molecule has 3 aromatic rings. The van der Waals surface area contributed by atoms with Crippen LogP contribution in [0.3, 0.4) is 0 Å². The molecule has 154 valence electrons. The number of hydrogen-bond acceptors (Lipinski definition) is 4. The monoisotopic (exact) mass is 418 g/mol. The minimum Gasteiger partial charge on any atom is -0.465 e. The van der Waals surface area contributed by atoms with E-state index in [-0.39, 0.29) is 0 Å². The van der Waals surface area contributed by atoms with E-state index in [4.69, 9.17) is 15.9 Å². The maximum Gasteiger partial charge on any atom is 0.337 e. The van der Waals surface area contributed by atoms with Crippen molar-refractivity contribution in [1.82, 2.24) is 0 Å². The van der Waals surface area contributed by atoms with Crippen LogP contribution in [-0.4, -0.2) is 26.2 Å². The van der Waals surface area contributed by atoms with Gasteiger partial charge >= 0.3 is 11.9 Å². The third kappa shape index (κ3) is 5.67. The highest BCUT2D eigenvalue weighted by molar-refractivity contribution is 5.89. The number of carbonyl (C=O) groups is 2. The van der Waals surface area contributed by atoms with E-state index in [9.17, 15) is 9.59 Å². The Bertz CT molecular complexity index is 1220. The number of benzene rings is 3. The van der Waals surface area contributed by atoms with E-state index in [0.29, 0.717) is 16.7 Å². The fraction of sp³-hybridized carbons (Fsp3) is 0.0714. The molecule has 0 fully saturated rings. The molecule has 0 N–H and O–H groups in total. The van der Waals surface area contributed by atoms with Gasteiger partial charge in [-0.25, -0.2) is 9.59 Å². The first-order valence-electron chi connectivity index (χ1n) is 9.55. The number of ether oxygens (including phenoxy) is 2. The summed E-state index contributed by atoms with van der Waals surface area (Å²) in [6.45, 7) is 0. The van der Waals surface area contributed by atoms with Gasteiger partial charge in [0.05, 0.1) is 25.3 Å². The van der Waals surface area contributed by atoms with Crippen molar-refractivity contribution in [2.45, 2.75) is 0 Å². The Hall–Kier alpha value is -4.72. The fourth-order valence-corrected chi connectivity index (χ4v) is 2.76. The highest BCUT2D eigenvalue weighted by Gasteiger charge is 2.04. The molecule has 0 saturated heterocycles. The highest BCUT2D eigenvalue weighted by Crippen LogP contribution is 2.11. The Morgan fingerprint density at radius 1 is 0.594 bits per heavy atom. The Labute approximate surface area is 187 Å². The molecule has 0 heterocycles. The lowest BCUT2D eigenvalue weighted by atomic mass is 10.0. The summed E-state index contributed by atoms with van der Waals surface area (Å²) in [6.07, 6.45) is 5.58. The van der Waals surface area contributed by atoms with Crippen molar-refractivity contribution in [1.29, 1.82) is 0 Å². The van der Waals surface area contributed by atoms with Crippen molar-refractivity contribution in [3.05, 3.63) is 106 Å². The lowest BCUT2D eigenvalue weighted by Gasteiger charge is -1.99. The van der Waals surface area contributed by atoms with E-state index in [1.807, 2.05) is 18.2 Å². The normalized spacial score (nSPS) is 9.28. The first-order valence-corrected chi connectivity index (χ1v) is 9.55. The van der Waals surface area contributed by atoms with Crippen LogP contribution in [0.5, 0.6) is 0 Å². The summed E-state index contributed by atoms with van der Waals surface area (Å²) < 4.78 is 9.39. The number of hydrogen-bond donors (Lipinski definition) is 0. The standard InChI is InChI=1S/C28H18O4/c1-4-20-17-23(7-5-21-9-13-25(14-10-21)27(29)31-2)19-24(18-20)8-6-22-11-15-26(16-12-22)28(30)32-3/h1,9-19H,2-3H3. The number of methoxy groups -OCH3 is 2. The van der Waals surface area contributed by atoms with E-state index in [1.165, 1.54) is 14.2 Å². The minimum absolute atomic E-state index is 0.394. The molecule has 0 spiro atoms. The highest BCUT2D eigenvalue weighted by atomic mass is 16.5. The molecule has 0 bridgehead atoms. The Balaban J connectivity index is 1.84. The topological polar surface area (TPSA) is 52.6 Å². The van der Waals surface area contributed by atoms with Gasteiger partial charge in [0, 0.05) is 27.8 Å². The van der Waals surface area contributed by atoms with E-state index in [2.05, 4.69) is 29.6 Å². The molecule has 0 aliphatic heterocycles. The van der Waals surface area contributed by atoms with Gasteiger partial charge in [0.2, 0.25) is 0 Å². The molecule has 0 aliphatic carbocycles. The van der Waals surface area contributed by atoms with Crippen LogP contribution in [0.15, 0.2) is 66.7 Å². The van der Waals surface area contributed by atoms with E-state index in [0.717, 1.165) is 22.3 Å². The molecule has 32 heavy (non-hydrogen) atoms. The molecule has 0 amide bonds. The molecular weight excluding hydrogens is 400 g/mol. The zero-order valence-corrected chi connectivity index (χ0v) is 17.6. The molecule has 0 unspecified atom stereocenters. The summed E-state index contributed by atoms with van der Waals surface area (Å²) in [7, 11) is 2.68. The number of esters is 2. The van der Waals surface area contributed by atoms with Gasteiger partial charge in [0.1, 0.15) is 0 Å². The second-order valence-corrected chi connectivity index (χ2v) is 6.58. The van der Waals surface area contributed by atoms with Crippen LogP contribution in [0.2, 0.25) is 0 Å². The maximum absolute atomic E-state index is 11.5. The average molecular weight is 418 g/mol. The number of terminal acetylenes is 1. The first kappa shape index (κ1) is 22.0. The average Bonchev–Trinajstić information content (AvgIpc) is 2.85. The maximum atomic E-state index is 11.5. The summed E-state index contributed by atoms with van der Waals surface area (Å²) in [5.74, 6) is 14.1. The molecule has 0 aliphatic rings. The van der Waals surface area contributed by atoms with E-state index in [1.54, 1.807) is 48.5 Å².